The van der Waals surface area contributed by atoms with Crippen LogP contribution in [0.4, 0.5) is 5.69 Å². The largest absolute Gasteiger partial charge is 0.379 e. The topological polar surface area (TPSA) is 93.5 Å². The van der Waals surface area contributed by atoms with Crippen LogP contribution >= 0.6 is 0 Å². The number of anilines is 1. The van der Waals surface area contributed by atoms with Crippen LogP contribution in [0.25, 0.3) is 0 Å². The molecule has 0 saturated carbocycles. The van der Waals surface area contributed by atoms with Crippen LogP contribution in [0.15, 0.2) is 35.7 Å². The zero-order valence-electron chi connectivity index (χ0n) is 14.8. The van der Waals surface area contributed by atoms with Crippen molar-refractivity contribution in [3.05, 3.63) is 41.9 Å². The lowest BCUT2D eigenvalue weighted by molar-refractivity contribution is -0.116. The fourth-order valence-corrected chi connectivity index (χ4v) is 4.23. The Balaban J connectivity index is 1.67. The molecule has 0 spiro atoms. The molecule has 1 amide bonds. The molecule has 1 N–H and O–H groups in total. The highest BCUT2D eigenvalue weighted by atomic mass is 32.2. The van der Waals surface area contributed by atoms with Crippen LogP contribution in [-0.2, 0) is 26.1 Å². The molecule has 0 aliphatic carbocycles. The maximum absolute atomic E-state index is 12.5. The van der Waals surface area contributed by atoms with Gasteiger partial charge in [0.15, 0.2) is 5.03 Å². The first-order valence-corrected chi connectivity index (χ1v) is 9.76. The molecule has 1 fully saturated rings. The molecule has 1 aliphatic heterocycles. The number of hydrogen-bond acceptors (Lipinski definition) is 5. The summed E-state index contributed by atoms with van der Waals surface area (Å²) in [5.74, 6) is -0.247. The molecule has 3 rings (SSSR count). The van der Waals surface area contributed by atoms with Crippen LogP contribution in [0.3, 0.4) is 0 Å². The monoisotopic (exact) mass is 378 g/mol. The Bertz CT molecular complexity index is 881. The van der Waals surface area contributed by atoms with Gasteiger partial charge in [-0.05, 0) is 37.1 Å². The summed E-state index contributed by atoms with van der Waals surface area (Å²) in [5.41, 5.74) is 2.83. The molecule has 0 atom stereocenters. The number of rotatable bonds is 5. The molecule has 8 nitrogen and oxygen atoms in total. The third-order valence-electron chi connectivity index (χ3n) is 4.02. The predicted octanol–water partition coefficient (Wildman–Crippen LogP) is 1.16. The lowest BCUT2D eigenvalue weighted by atomic mass is 10.1. The molecule has 1 aliphatic rings. The molecule has 2 aromatic rings. The minimum atomic E-state index is -3.66. The number of sulfonamides is 1. The highest BCUT2D eigenvalue weighted by molar-refractivity contribution is 7.89. The summed E-state index contributed by atoms with van der Waals surface area (Å²) in [6.45, 7) is 5.27. The number of nitrogens with one attached hydrogen (secondary N) is 1. The second-order valence-electron chi connectivity index (χ2n) is 6.33. The van der Waals surface area contributed by atoms with Gasteiger partial charge in [-0.15, -0.1) is 0 Å². The SMILES string of the molecule is Cc1cc(C)cc(NC(=O)Cn2cnc(S(=O)(=O)N3CCOCC3)c2)c1. The normalized spacial score (nSPS) is 15.8. The van der Waals surface area contributed by atoms with Gasteiger partial charge in [0.05, 0.1) is 19.5 Å². The summed E-state index contributed by atoms with van der Waals surface area (Å²) in [5, 5.41) is 2.76. The number of imidazole rings is 1. The van der Waals surface area contributed by atoms with Crippen LogP contribution < -0.4 is 5.32 Å². The Hall–Kier alpha value is -2.23. The molecule has 2 heterocycles. The van der Waals surface area contributed by atoms with E-state index in [4.69, 9.17) is 4.74 Å². The van der Waals surface area contributed by atoms with E-state index >= 15 is 0 Å². The van der Waals surface area contributed by atoms with E-state index in [-0.39, 0.29) is 17.5 Å². The predicted molar refractivity (Wildman–Crippen MR) is 96.4 cm³/mol. The highest BCUT2D eigenvalue weighted by Gasteiger charge is 2.28. The standard InChI is InChI=1S/C17H22N4O4S/c1-13-7-14(2)9-15(8-13)19-16(22)10-20-11-17(18-12-20)26(23,24)21-3-5-25-6-4-21/h7-9,11-12H,3-6,10H2,1-2H3,(H,19,22). The first kappa shape index (κ1) is 18.6. The number of ether oxygens (including phenoxy) is 1. The molecule has 1 saturated heterocycles. The Morgan fingerprint density at radius 3 is 2.50 bits per heavy atom. The van der Waals surface area contributed by atoms with Crippen LogP contribution in [0.1, 0.15) is 11.1 Å². The zero-order valence-corrected chi connectivity index (χ0v) is 15.6. The van der Waals surface area contributed by atoms with E-state index in [0.29, 0.717) is 32.0 Å². The van der Waals surface area contributed by atoms with Crippen LogP contribution in [0.5, 0.6) is 0 Å². The lowest BCUT2D eigenvalue weighted by Gasteiger charge is -2.24. The van der Waals surface area contributed by atoms with E-state index in [1.807, 2.05) is 32.0 Å². The van der Waals surface area contributed by atoms with Gasteiger partial charge >= 0.3 is 0 Å². The molecule has 140 valence electrons. The van der Waals surface area contributed by atoms with Crippen molar-refractivity contribution in [3.63, 3.8) is 0 Å². The summed E-state index contributed by atoms with van der Waals surface area (Å²) < 4.78 is 33.1. The number of aryl methyl sites for hydroxylation is 2. The summed E-state index contributed by atoms with van der Waals surface area (Å²) in [6.07, 6.45) is 2.74. The van der Waals surface area contributed by atoms with Crippen molar-refractivity contribution in [2.45, 2.75) is 25.4 Å². The molecule has 0 bridgehead atoms. The van der Waals surface area contributed by atoms with Gasteiger partial charge in [-0.3, -0.25) is 4.79 Å². The average Bonchev–Trinajstić information content (AvgIpc) is 3.03. The van der Waals surface area contributed by atoms with E-state index in [9.17, 15) is 13.2 Å². The highest BCUT2D eigenvalue weighted by Crippen LogP contribution is 2.16. The van der Waals surface area contributed by atoms with Crippen LogP contribution in [0.2, 0.25) is 0 Å². The zero-order chi connectivity index (χ0) is 18.7. The van der Waals surface area contributed by atoms with Gasteiger partial charge in [0.25, 0.3) is 10.0 Å². The summed E-state index contributed by atoms with van der Waals surface area (Å²) in [6, 6.07) is 5.79. The number of morpholine rings is 1. The first-order valence-electron chi connectivity index (χ1n) is 8.32. The Labute approximate surface area is 152 Å². The van der Waals surface area contributed by atoms with Gasteiger partial charge < -0.3 is 14.6 Å². The number of nitrogens with zero attached hydrogens (tertiary/aromatic N) is 3. The number of amides is 1. The maximum Gasteiger partial charge on any atom is 0.262 e. The minimum absolute atomic E-state index is 0.0153. The van der Waals surface area contributed by atoms with Crippen molar-refractivity contribution in [3.8, 4) is 0 Å². The van der Waals surface area contributed by atoms with Crippen molar-refractivity contribution in [2.24, 2.45) is 0 Å². The lowest BCUT2D eigenvalue weighted by Crippen LogP contribution is -2.40. The molecular weight excluding hydrogens is 356 g/mol. The van der Waals surface area contributed by atoms with E-state index in [0.717, 1.165) is 11.1 Å². The summed E-state index contributed by atoms with van der Waals surface area (Å²) >= 11 is 0. The van der Waals surface area contributed by atoms with E-state index < -0.39 is 10.0 Å². The van der Waals surface area contributed by atoms with Gasteiger partial charge in [-0.1, -0.05) is 6.07 Å². The first-order chi connectivity index (χ1) is 12.3. The third kappa shape index (κ3) is 4.29. The van der Waals surface area contributed by atoms with Gasteiger partial charge in [0, 0.05) is 25.0 Å². The van der Waals surface area contributed by atoms with Gasteiger partial charge in [0.1, 0.15) is 6.54 Å². The van der Waals surface area contributed by atoms with Crippen molar-refractivity contribution in [1.29, 1.82) is 0 Å². The van der Waals surface area contributed by atoms with Crippen molar-refractivity contribution < 1.29 is 17.9 Å². The van der Waals surface area contributed by atoms with Gasteiger partial charge in [-0.2, -0.15) is 4.31 Å². The molecular formula is C17H22N4O4S. The van der Waals surface area contributed by atoms with Crippen LogP contribution in [0, 0.1) is 13.8 Å². The second kappa shape index (κ2) is 7.56. The fourth-order valence-electron chi connectivity index (χ4n) is 2.89. The quantitative estimate of drug-likeness (QED) is 0.843. The molecule has 1 aromatic heterocycles. The number of aromatic nitrogens is 2. The van der Waals surface area contributed by atoms with Gasteiger partial charge in [0.2, 0.25) is 5.91 Å². The molecule has 0 radical (unpaired) electrons. The second-order valence-corrected chi connectivity index (χ2v) is 8.21. The average molecular weight is 378 g/mol. The van der Waals surface area contributed by atoms with Gasteiger partial charge in [-0.25, -0.2) is 13.4 Å². The van der Waals surface area contributed by atoms with E-state index in [2.05, 4.69) is 10.3 Å². The third-order valence-corrected chi connectivity index (χ3v) is 5.80. The molecule has 1 aromatic carbocycles. The Kier molecular flexibility index (Phi) is 5.40. The number of benzene rings is 1. The molecule has 0 unspecified atom stereocenters. The molecule has 9 heteroatoms. The summed E-state index contributed by atoms with van der Waals surface area (Å²) in [7, 11) is -3.66. The van der Waals surface area contributed by atoms with E-state index in [1.165, 1.54) is 21.4 Å². The number of carbonyl (C=O) groups excluding carboxylic acids is 1. The van der Waals surface area contributed by atoms with Crippen molar-refractivity contribution in [2.75, 3.05) is 31.6 Å². The Morgan fingerprint density at radius 1 is 1.19 bits per heavy atom. The van der Waals surface area contributed by atoms with Crippen molar-refractivity contribution in [1.82, 2.24) is 13.9 Å². The van der Waals surface area contributed by atoms with E-state index in [1.54, 1.807) is 0 Å². The minimum Gasteiger partial charge on any atom is -0.379 e. The number of hydrogen-bond donors (Lipinski definition) is 1. The number of carbonyl (C=O) groups is 1. The van der Waals surface area contributed by atoms with Crippen molar-refractivity contribution >= 4 is 21.6 Å². The Morgan fingerprint density at radius 2 is 1.85 bits per heavy atom. The fraction of sp³-hybridized carbons (Fsp3) is 0.412. The van der Waals surface area contributed by atoms with Crippen LogP contribution in [-0.4, -0.2) is 54.5 Å². The smallest absolute Gasteiger partial charge is 0.262 e. The molecule has 26 heavy (non-hydrogen) atoms. The maximum atomic E-state index is 12.5. The summed E-state index contributed by atoms with van der Waals surface area (Å²) in [4.78, 5) is 16.2.